The first-order chi connectivity index (χ1) is 22.1. The monoisotopic (exact) mass is 667 g/mol. The Balaban J connectivity index is 1.46. The number of aromatic nitrogens is 3. The topological polar surface area (TPSA) is 119 Å². The molecule has 0 radical (unpaired) electrons. The van der Waals surface area contributed by atoms with Gasteiger partial charge in [-0.25, -0.2) is 19.2 Å². The van der Waals surface area contributed by atoms with Crippen LogP contribution in [-0.2, 0) is 11.5 Å². The highest BCUT2D eigenvalue weighted by Crippen LogP contribution is 2.38. The van der Waals surface area contributed by atoms with Crippen molar-refractivity contribution in [3.8, 4) is 17.0 Å². The molecule has 1 aromatic carbocycles. The Kier molecular flexibility index (Phi) is 10.3. The number of amides is 2. The van der Waals surface area contributed by atoms with Gasteiger partial charge in [0, 0.05) is 43.6 Å². The molecule has 3 aromatic rings. The number of nitrogens with one attached hydrogen (secondary N) is 1. The number of carbonyl (C=O) groups is 2. The zero-order chi connectivity index (χ0) is 34.1. The Morgan fingerprint density at radius 3 is 2.43 bits per heavy atom. The fraction of sp³-hybridized carbons (Fsp3) is 0.600. The van der Waals surface area contributed by atoms with Gasteiger partial charge in [-0.1, -0.05) is 19.6 Å². The molecule has 0 spiro atoms. The van der Waals surface area contributed by atoms with Crippen molar-refractivity contribution >= 4 is 31.1 Å². The number of carbonyl (C=O) groups excluding carboxylic acids is 1. The van der Waals surface area contributed by atoms with E-state index in [0.29, 0.717) is 84.1 Å². The lowest BCUT2D eigenvalue weighted by molar-refractivity contribution is 0.0519. The van der Waals surface area contributed by atoms with E-state index in [0.717, 1.165) is 18.9 Å². The minimum absolute atomic E-state index is 0.101. The maximum absolute atomic E-state index is 14.7. The summed E-state index contributed by atoms with van der Waals surface area (Å²) in [5.41, 5.74) is 2.65. The Hall–Kier alpha value is -3.51. The van der Waals surface area contributed by atoms with Gasteiger partial charge in [-0.2, -0.15) is 0 Å². The van der Waals surface area contributed by atoms with Crippen molar-refractivity contribution < 1.29 is 28.6 Å². The highest BCUT2D eigenvalue weighted by Gasteiger charge is 2.36. The lowest BCUT2D eigenvalue weighted by Gasteiger charge is -2.42. The Labute approximate surface area is 278 Å². The zero-order valence-corrected chi connectivity index (χ0v) is 29.9. The Bertz CT molecular complexity index is 1600. The smallest absolute Gasteiger partial charge is 0.407 e. The molecule has 0 unspecified atom stereocenters. The fourth-order valence-corrected chi connectivity index (χ4v) is 7.24. The maximum Gasteiger partial charge on any atom is 0.407 e. The molecule has 2 heterocycles. The molecule has 5 rings (SSSR count). The summed E-state index contributed by atoms with van der Waals surface area (Å²) >= 11 is 0. The van der Waals surface area contributed by atoms with Crippen LogP contribution in [0.2, 0.25) is 25.7 Å². The second kappa shape index (κ2) is 13.9. The molecule has 0 bridgehead atoms. The van der Waals surface area contributed by atoms with E-state index < -0.39 is 25.5 Å². The number of carboxylic acid groups (broad SMARTS) is 1. The lowest BCUT2D eigenvalue weighted by Crippen LogP contribution is -2.53. The molecule has 0 atom stereocenters. The van der Waals surface area contributed by atoms with Gasteiger partial charge in [0.1, 0.15) is 35.8 Å². The molecule has 2 saturated carbocycles. The van der Waals surface area contributed by atoms with Crippen LogP contribution in [0.25, 0.3) is 22.3 Å². The van der Waals surface area contributed by atoms with Gasteiger partial charge >= 0.3 is 6.09 Å². The summed E-state index contributed by atoms with van der Waals surface area (Å²) in [5.74, 6) is 0.386. The van der Waals surface area contributed by atoms with Gasteiger partial charge in [0.05, 0.1) is 17.7 Å². The maximum atomic E-state index is 14.7. The van der Waals surface area contributed by atoms with Crippen LogP contribution in [0.5, 0.6) is 5.75 Å². The van der Waals surface area contributed by atoms with E-state index in [4.69, 9.17) is 9.47 Å². The van der Waals surface area contributed by atoms with Gasteiger partial charge in [0.2, 0.25) is 0 Å². The first kappa shape index (κ1) is 34.8. The molecule has 2 aliphatic carbocycles. The minimum atomic E-state index is -1.34. The van der Waals surface area contributed by atoms with Gasteiger partial charge in [0.15, 0.2) is 0 Å². The van der Waals surface area contributed by atoms with E-state index in [1.165, 1.54) is 18.5 Å². The Morgan fingerprint density at radius 2 is 1.81 bits per heavy atom. The molecule has 2 fully saturated rings. The van der Waals surface area contributed by atoms with E-state index in [1.807, 2.05) is 32.3 Å². The summed E-state index contributed by atoms with van der Waals surface area (Å²) in [7, 11) is -1.34. The standard InChI is InChI=1S/C35H50FN5O5Si/c1-22-29(33(42)39-25-11-13-26(14-12-25)41(34(43)44)35(2,3)4)31-32(40(22)21-45-16-17-47(5,6)7)30(37-20-38-31)27-18-24(36)10-15-28(27)46-19-23-8-9-23/h10,15,18,20,23,25-26H,8-9,11-14,16-17,19,21H2,1-7H3,(H,39,42)(H,43,44). The third-order valence-electron chi connectivity index (χ3n) is 9.23. The Morgan fingerprint density at radius 1 is 1.11 bits per heavy atom. The number of rotatable bonds is 12. The highest BCUT2D eigenvalue weighted by molar-refractivity contribution is 6.76. The SMILES string of the molecule is Cc1c(C(=O)NC2CCC(N(C(=O)O)C(C)(C)C)CC2)c2ncnc(-c3cc(F)ccc3OCC3CC3)c2n1COCC[Si](C)(C)C. The van der Waals surface area contributed by atoms with Crippen LogP contribution in [0.3, 0.4) is 0 Å². The first-order valence-corrected chi connectivity index (χ1v) is 20.5. The zero-order valence-electron chi connectivity index (χ0n) is 28.9. The van der Waals surface area contributed by atoms with E-state index in [2.05, 4.69) is 34.9 Å². The lowest BCUT2D eigenvalue weighted by atomic mass is 9.88. The third kappa shape index (κ3) is 8.32. The summed E-state index contributed by atoms with van der Waals surface area (Å²) < 4.78 is 29.0. The van der Waals surface area contributed by atoms with Crippen molar-refractivity contribution in [1.82, 2.24) is 24.8 Å². The molecule has 0 saturated heterocycles. The van der Waals surface area contributed by atoms with Crippen molar-refractivity contribution in [3.05, 3.63) is 41.6 Å². The second-order valence-corrected chi connectivity index (χ2v) is 21.0. The average Bonchev–Trinajstić information content (AvgIpc) is 3.76. The number of fused-ring (bicyclic) bond motifs is 1. The van der Waals surface area contributed by atoms with Crippen LogP contribution < -0.4 is 10.1 Å². The average molecular weight is 668 g/mol. The van der Waals surface area contributed by atoms with E-state index >= 15 is 0 Å². The molecule has 10 nitrogen and oxygen atoms in total. The summed E-state index contributed by atoms with van der Waals surface area (Å²) in [6.07, 6.45) is 5.40. The largest absolute Gasteiger partial charge is 0.493 e. The molecular weight excluding hydrogens is 617 g/mol. The van der Waals surface area contributed by atoms with Gasteiger partial charge < -0.3 is 29.4 Å². The third-order valence-corrected chi connectivity index (χ3v) is 10.9. The van der Waals surface area contributed by atoms with Crippen LogP contribution >= 0.6 is 0 Å². The number of hydrogen-bond acceptors (Lipinski definition) is 6. The van der Waals surface area contributed by atoms with Crippen molar-refractivity contribution in [3.63, 3.8) is 0 Å². The second-order valence-electron chi connectivity index (χ2n) is 15.4. The highest BCUT2D eigenvalue weighted by atomic mass is 28.3. The number of benzene rings is 1. The number of halogens is 1. The first-order valence-electron chi connectivity index (χ1n) is 16.8. The number of nitrogens with zero attached hydrogens (tertiary/aromatic N) is 4. The van der Waals surface area contributed by atoms with Crippen molar-refractivity contribution in [2.75, 3.05) is 13.2 Å². The van der Waals surface area contributed by atoms with Gasteiger partial charge in [-0.05, 0) is 96.4 Å². The van der Waals surface area contributed by atoms with E-state index in [1.54, 1.807) is 11.0 Å². The van der Waals surface area contributed by atoms with Gasteiger partial charge in [-0.15, -0.1) is 0 Å². The van der Waals surface area contributed by atoms with E-state index in [-0.39, 0.29) is 24.7 Å². The minimum Gasteiger partial charge on any atom is -0.493 e. The molecule has 2 aliphatic rings. The van der Waals surface area contributed by atoms with Crippen LogP contribution in [0.4, 0.5) is 9.18 Å². The molecule has 2 aromatic heterocycles. The molecule has 47 heavy (non-hydrogen) atoms. The number of ether oxygens (including phenoxy) is 2. The van der Waals surface area contributed by atoms with Crippen LogP contribution in [-0.4, -0.2) is 75.5 Å². The normalized spacial score (nSPS) is 18.7. The fourth-order valence-electron chi connectivity index (χ4n) is 6.49. The van der Waals surface area contributed by atoms with E-state index in [9.17, 15) is 19.1 Å². The van der Waals surface area contributed by atoms with Crippen LogP contribution in [0, 0.1) is 18.7 Å². The summed E-state index contributed by atoms with van der Waals surface area (Å²) in [4.78, 5) is 36.9. The molecule has 256 valence electrons. The predicted octanol–water partition coefficient (Wildman–Crippen LogP) is 7.47. The molecular formula is C35H50FN5O5Si. The van der Waals surface area contributed by atoms with Crippen LogP contribution in [0.1, 0.15) is 75.3 Å². The predicted molar refractivity (Wildman–Crippen MR) is 183 cm³/mol. The van der Waals surface area contributed by atoms with Crippen molar-refractivity contribution in [2.24, 2.45) is 5.92 Å². The quantitative estimate of drug-likeness (QED) is 0.152. The van der Waals surface area contributed by atoms with Crippen molar-refractivity contribution in [2.45, 2.75) is 116 Å². The summed E-state index contributed by atoms with van der Waals surface area (Å²) in [6, 6.07) is 5.24. The summed E-state index contributed by atoms with van der Waals surface area (Å²) in [6.45, 7) is 15.8. The van der Waals surface area contributed by atoms with Gasteiger partial charge in [0.25, 0.3) is 5.91 Å². The molecule has 12 heteroatoms. The molecule has 0 aliphatic heterocycles. The van der Waals surface area contributed by atoms with Gasteiger partial charge in [-0.3, -0.25) is 4.79 Å². The van der Waals surface area contributed by atoms with Crippen LogP contribution in [0.15, 0.2) is 24.5 Å². The molecule has 2 N–H and O–H groups in total. The van der Waals surface area contributed by atoms with Crippen molar-refractivity contribution in [1.29, 1.82) is 0 Å². The molecule has 2 amide bonds. The summed E-state index contributed by atoms with van der Waals surface area (Å²) in [5, 5.41) is 13.1. The number of hydrogen-bond donors (Lipinski definition) is 2.